The maximum atomic E-state index is 13.1. The van der Waals surface area contributed by atoms with Gasteiger partial charge in [-0.3, -0.25) is 19.3 Å². The van der Waals surface area contributed by atoms with Gasteiger partial charge in [0.2, 0.25) is 5.91 Å². The first kappa shape index (κ1) is 32.7. The molecule has 2 aromatic rings. The lowest BCUT2D eigenvalue weighted by Crippen LogP contribution is -2.49. The molecule has 4 rings (SSSR count). The molecule has 1 saturated heterocycles. The number of carbonyl (C=O) groups is 2. The zero-order valence-electron chi connectivity index (χ0n) is 25.1. The van der Waals surface area contributed by atoms with Crippen LogP contribution in [0.25, 0.3) is 0 Å². The van der Waals surface area contributed by atoms with E-state index in [2.05, 4.69) is 9.80 Å². The van der Waals surface area contributed by atoms with Crippen molar-refractivity contribution in [2.45, 2.75) is 52.7 Å². The van der Waals surface area contributed by atoms with Crippen LogP contribution >= 0.6 is 31.9 Å². The van der Waals surface area contributed by atoms with E-state index in [0.29, 0.717) is 44.8 Å². The predicted octanol–water partition coefficient (Wildman–Crippen LogP) is 6.92. The molecule has 2 aliphatic rings. The van der Waals surface area contributed by atoms with E-state index in [9.17, 15) is 9.59 Å². The topological polar surface area (TPSA) is 65.6 Å². The maximum Gasteiger partial charge on any atom is 0.414 e. The molecule has 0 spiro atoms. The highest BCUT2D eigenvalue weighted by Gasteiger charge is 2.36. The lowest BCUT2D eigenvalue weighted by atomic mass is 9.98. The first-order valence-corrected chi connectivity index (χ1v) is 17.1. The highest BCUT2D eigenvalue weighted by Crippen LogP contribution is 2.36. The quantitative estimate of drug-likeness (QED) is 0.186. The van der Waals surface area contributed by atoms with Crippen LogP contribution in [-0.2, 0) is 16.0 Å². The van der Waals surface area contributed by atoms with Gasteiger partial charge >= 0.3 is 6.09 Å². The van der Waals surface area contributed by atoms with Gasteiger partial charge in [0.1, 0.15) is 5.75 Å². The number of halogens is 2. The smallest absolute Gasteiger partial charge is 0.414 e. The third-order valence-electron chi connectivity index (χ3n) is 7.83. The molecule has 0 bridgehead atoms. The van der Waals surface area contributed by atoms with Gasteiger partial charge in [0, 0.05) is 51.1 Å². The minimum Gasteiger partial charge on any atom is -0.494 e. The largest absolute Gasteiger partial charge is 0.494 e. The van der Waals surface area contributed by atoms with Crippen molar-refractivity contribution in [1.82, 2.24) is 9.57 Å². The number of aryl methyl sites for hydroxylation is 1. The molecule has 0 saturated carbocycles. The zero-order chi connectivity index (χ0) is 30.2. The average molecular weight is 638 g/mol. The van der Waals surface area contributed by atoms with Crippen molar-refractivity contribution < 1.29 is 19.1 Å². The fourth-order valence-electron chi connectivity index (χ4n) is 5.45. The molecule has 230 valence electrons. The Hall–Kier alpha value is -2.25. The second-order valence-electron chi connectivity index (χ2n) is 11.0. The van der Waals surface area contributed by atoms with Crippen molar-refractivity contribution in [3.8, 4) is 5.75 Å². The molecule has 2 aromatic carbocycles. The molecule has 42 heavy (non-hydrogen) atoms. The van der Waals surface area contributed by atoms with Crippen molar-refractivity contribution in [3.05, 3.63) is 52.0 Å². The van der Waals surface area contributed by atoms with E-state index in [1.165, 1.54) is 0 Å². The van der Waals surface area contributed by atoms with Crippen LogP contribution in [0.5, 0.6) is 5.75 Å². The molecule has 2 unspecified atom stereocenters. The van der Waals surface area contributed by atoms with Crippen LogP contribution in [0.3, 0.4) is 0 Å². The number of piperazine rings is 1. The lowest BCUT2D eigenvalue weighted by Gasteiger charge is -2.38. The van der Waals surface area contributed by atoms with Crippen LogP contribution in [0.15, 0.2) is 36.4 Å². The van der Waals surface area contributed by atoms with Gasteiger partial charge in [-0.05, 0) is 71.9 Å². The monoisotopic (exact) mass is 636 g/mol. The molecule has 2 aliphatic heterocycles. The second-order valence-corrected chi connectivity index (χ2v) is 12.8. The van der Waals surface area contributed by atoms with E-state index >= 15 is 0 Å². The van der Waals surface area contributed by atoms with Crippen LogP contribution in [0.4, 0.5) is 16.2 Å². The van der Waals surface area contributed by atoms with Crippen molar-refractivity contribution >= 4 is 55.3 Å². The van der Waals surface area contributed by atoms with Crippen LogP contribution in [-0.4, -0.2) is 80.3 Å². The van der Waals surface area contributed by atoms with Crippen LogP contribution in [0, 0.1) is 5.92 Å². The van der Waals surface area contributed by atoms with Crippen LogP contribution in [0.1, 0.15) is 45.6 Å². The molecule has 0 aliphatic carbocycles. The van der Waals surface area contributed by atoms with Gasteiger partial charge in [-0.25, -0.2) is 4.79 Å². The number of hydrogen-bond acceptors (Lipinski definition) is 6. The minimum atomic E-state index is -0.680. The van der Waals surface area contributed by atoms with Gasteiger partial charge in [0.15, 0.2) is 6.23 Å². The van der Waals surface area contributed by atoms with E-state index in [-0.39, 0.29) is 17.9 Å². The fraction of sp³-hybridized carbons (Fsp3) is 0.548. The van der Waals surface area contributed by atoms with E-state index < -0.39 is 6.23 Å². The van der Waals surface area contributed by atoms with E-state index in [1.54, 1.807) is 9.57 Å². The molecule has 0 N–H and O–H groups in total. The summed E-state index contributed by atoms with van der Waals surface area (Å²) in [5.41, 5.74) is 2.84. The Bertz CT molecular complexity index is 1220. The van der Waals surface area contributed by atoms with Crippen molar-refractivity contribution in [3.63, 3.8) is 0 Å². The number of unbranched alkanes of at least 4 members (excludes halogenated alkanes) is 1. The summed E-state index contributed by atoms with van der Waals surface area (Å²) in [6.07, 6.45) is 1.94. The summed E-state index contributed by atoms with van der Waals surface area (Å²) >= 11 is 12.6. The van der Waals surface area contributed by atoms with Crippen molar-refractivity contribution in [2.75, 3.05) is 62.3 Å². The van der Waals surface area contributed by atoms with Gasteiger partial charge < -0.3 is 14.4 Å². The number of anilines is 2. The standard InChI is InChI=1S/C31H43Cl2N4O4P/c1-5-36(42-4)31(39)41-30(22(2)3)37-27-21-24(13-11-23(27)12-14-28(37)38)40-20-7-6-15-34-16-18-35(19-17-34)26-10-8-9-25(32)29(26)33/h8-11,13,21-22,30,42H,5-7,12,14-20H2,1-4H3. The van der Waals surface area contributed by atoms with E-state index in [4.69, 9.17) is 32.7 Å². The lowest BCUT2D eigenvalue weighted by molar-refractivity contribution is -0.121. The third-order valence-corrected chi connectivity index (χ3v) is 9.68. The fourth-order valence-corrected chi connectivity index (χ4v) is 6.42. The molecular formula is C31H43Cl2N4O4P. The minimum absolute atomic E-state index is 0.0362. The summed E-state index contributed by atoms with van der Waals surface area (Å²) in [6.45, 7) is 13.8. The molecule has 11 heteroatoms. The molecular weight excluding hydrogens is 594 g/mol. The highest BCUT2D eigenvalue weighted by atomic mass is 35.5. The Kier molecular flexibility index (Phi) is 12.0. The number of ether oxygens (including phenoxy) is 2. The maximum absolute atomic E-state index is 13.1. The molecule has 0 aromatic heterocycles. The third kappa shape index (κ3) is 8.02. The number of fused-ring (bicyclic) bond motifs is 1. The summed E-state index contributed by atoms with van der Waals surface area (Å²) in [6, 6.07) is 11.7. The summed E-state index contributed by atoms with van der Waals surface area (Å²) in [4.78, 5) is 32.4. The van der Waals surface area contributed by atoms with Gasteiger partial charge in [0.05, 0.1) is 28.0 Å². The number of carbonyl (C=O) groups excluding carboxylic acids is 2. The van der Waals surface area contributed by atoms with Gasteiger partial charge in [-0.2, -0.15) is 0 Å². The Labute approximate surface area is 262 Å². The Morgan fingerprint density at radius 2 is 1.81 bits per heavy atom. The molecule has 8 nitrogen and oxygen atoms in total. The Morgan fingerprint density at radius 3 is 2.50 bits per heavy atom. The molecule has 2 amide bonds. The Morgan fingerprint density at radius 1 is 1.05 bits per heavy atom. The number of benzene rings is 2. The second kappa shape index (κ2) is 15.5. The van der Waals surface area contributed by atoms with E-state index in [0.717, 1.165) is 68.3 Å². The van der Waals surface area contributed by atoms with Crippen molar-refractivity contribution in [2.24, 2.45) is 5.92 Å². The molecule has 0 radical (unpaired) electrons. The van der Waals surface area contributed by atoms with Crippen LogP contribution < -0.4 is 14.5 Å². The normalized spacial score (nSPS) is 16.7. The number of nitrogens with zero attached hydrogens (tertiary/aromatic N) is 4. The zero-order valence-corrected chi connectivity index (χ0v) is 27.6. The number of hydrogen-bond donors (Lipinski definition) is 0. The van der Waals surface area contributed by atoms with Gasteiger partial charge in [0.25, 0.3) is 0 Å². The molecule has 1 fully saturated rings. The van der Waals surface area contributed by atoms with Crippen LogP contribution in [0.2, 0.25) is 10.0 Å². The highest BCUT2D eigenvalue weighted by molar-refractivity contribution is 7.35. The summed E-state index contributed by atoms with van der Waals surface area (Å²) in [5, 5.41) is 1.22. The summed E-state index contributed by atoms with van der Waals surface area (Å²) in [7, 11) is 0.300. The summed E-state index contributed by atoms with van der Waals surface area (Å²) < 4.78 is 13.7. The molecule has 2 heterocycles. The van der Waals surface area contributed by atoms with Crippen molar-refractivity contribution in [1.29, 1.82) is 0 Å². The average Bonchev–Trinajstić information content (AvgIpc) is 2.98. The first-order chi connectivity index (χ1) is 20.2. The summed E-state index contributed by atoms with van der Waals surface area (Å²) in [5.74, 6) is 0.613. The first-order valence-electron chi connectivity index (χ1n) is 14.9. The van der Waals surface area contributed by atoms with Gasteiger partial charge in [-0.1, -0.05) is 49.2 Å². The predicted molar refractivity (Wildman–Crippen MR) is 174 cm³/mol. The SMILES string of the molecule is CCN(PC)C(=O)OC(C(C)C)N1C(=O)CCc2ccc(OCCCCN3CCN(c4cccc(Cl)c4Cl)CC3)cc21. The van der Waals surface area contributed by atoms with Gasteiger partial charge in [-0.15, -0.1) is 0 Å². The molecule has 2 atom stereocenters. The Balaban J connectivity index is 1.29. The number of rotatable bonds is 12. The van der Waals surface area contributed by atoms with E-state index in [1.807, 2.05) is 63.8 Å². The number of amides is 2.